The third-order valence-corrected chi connectivity index (χ3v) is 5.16. The lowest BCUT2D eigenvalue weighted by molar-refractivity contribution is -0.917. The summed E-state index contributed by atoms with van der Waals surface area (Å²) >= 11 is 0. The first-order valence-electron chi connectivity index (χ1n) is 9.63. The van der Waals surface area contributed by atoms with Crippen molar-refractivity contribution in [1.29, 1.82) is 0 Å². The van der Waals surface area contributed by atoms with Gasteiger partial charge in [-0.05, 0) is 31.4 Å². The zero-order valence-electron chi connectivity index (χ0n) is 15.5. The lowest BCUT2D eigenvalue weighted by Crippen LogP contribution is -2.52. The standard InChI is InChI=1S/C20H32NO4/c1-21(11-14-22-15-12-21)10-6-2-3-7-13-23-16-18-17-24-19-8-4-5-9-20(19)25-18/h4-5,8-9,18H,2-3,6-7,10-17H2,1H3/q+1. The molecule has 2 aliphatic rings. The first kappa shape index (κ1) is 18.5. The van der Waals surface area contributed by atoms with E-state index in [1.165, 1.54) is 30.3 Å². The summed E-state index contributed by atoms with van der Waals surface area (Å²) < 4.78 is 24.0. The Labute approximate surface area is 151 Å². The van der Waals surface area contributed by atoms with E-state index in [2.05, 4.69) is 7.05 Å². The van der Waals surface area contributed by atoms with Gasteiger partial charge in [0, 0.05) is 6.61 Å². The molecule has 1 aromatic rings. The van der Waals surface area contributed by atoms with E-state index in [-0.39, 0.29) is 6.10 Å². The molecule has 0 N–H and O–H groups in total. The molecule has 0 aromatic heterocycles. The molecule has 25 heavy (non-hydrogen) atoms. The number of para-hydroxylation sites is 2. The molecule has 1 unspecified atom stereocenters. The van der Waals surface area contributed by atoms with Gasteiger partial charge in [-0.3, -0.25) is 0 Å². The van der Waals surface area contributed by atoms with Crippen molar-refractivity contribution in [3.05, 3.63) is 24.3 Å². The van der Waals surface area contributed by atoms with Crippen LogP contribution in [0.15, 0.2) is 24.3 Å². The average molecular weight is 350 g/mol. The molecule has 0 spiro atoms. The molecule has 0 aliphatic carbocycles. The molecule has 140 valence electrons. The number of hydrogen-bond donors (Lipinski definition) is 0. The van der Waals surface area contributed by atoms with E-state index >= 15 is 0 Å². The van der Waals surface area contributed by atoms with Crippen LogP contribution in [0.3, 0.4) is 0 Å². The van der Waals surface area contributed by atoms with Gasteiger partial charge in [0.1, 0.15) is 19.7 Å². The minimum Gasteiger partial charge on any atom is -0.486 e. The van der Waals surface area contributed by atoms with E-state index in [9.17, 15) is 0 Å². The minimum absolute atomic E-state index is 0.000620. The molecule has 1 atom stereocenters. The first-order chi connectivity index (χ1) is 12.3. The maximum Gasteiger partial charge on any atom is 0.161 e. The molecule has 1 fully saturated rings. The van der Waals surface area contributed by atoms with E-state index in [1.807, 2.05) is 24.3 Å². The second kappa shape index (κ2) is 9.41. The van der Waals surface area contributed by atoms with Crippen LogP contribution in [0.2, 0.25) is 0 Å². The largest absolute Gasteiger partial charge is 0.486 e. The Morgan fingerprint density at radius 3 is 2.64 bits per heavy atom. The van der Waals surface area contributed by atoms with Gasteiger partial charge in [0.15, 0.2) is 17.6 Å². The molecular formula is C20H32NO4+. The molecule has 0 bridgehead atoms. The zero-order chi connectivity index (χ0) is 17.4. The summed E-state index contributed by atoms with van der Waals surface area (Å²) in [6.45, 7) is 7.41. The van der Waals surface area contributed by atoms with Gasteiger partial charge in [-0.25, -0.2) is 0 Å². The van der Waals surface area contributed by atoms with Crippen LogP contribution in [0, 0.1) is 0 Å². The lowest BCUT2D eigenvalue weighted by atomic mass is 10.1. The molecule has 1 aromatic carbocycles. The number of ether oxygens (including phenoxy) is 4. The number of fused-ring (bicyclic) bond motifs is 1. The molecular weight excluding hydrogens is 318 g/mol. The number of morpholine rings is 1. The zero-order valence-corrected chi connectivity index (χ0v) is 15.5. The fourth-order valence-electron chi connectivity index (χ4n) is 3.42. The molecule has 3 rings (SSSR count). The Kier molecular flexibility index (Phi) is 6.96. The Balaban J connectivity index is 1.19. The van der Waals surface area contributed by atoms with Crippen LogP contribution >= 0.6 is 0 Å². The van der Waals surface area contributed by atoms with Gasteiger partial charge in [-0.2, -0.15) is 0 Å². The number of benzene rings is 1. The van der Waals surface area contributed by atoms with Gasteiger partial charge in [-0.15, -0.1) is 0 Å². The highest BCUT2D eigenvalue weighted by Crippen LogP contribution is 2.30. The minimum atomic E-state index is 0.000620. The summed E-state index contributed by atoms with van der Waals surface area (Å²) in [4.78, 5) is 0. The molecule has 2 heterocycles. The van der Waals surface area contributed by atoms with Gasteiger partial charge in [0.2, 0.25) is 0 Å². The molecule has 0 radical (unpaired) electrons. The Morgan fingerprint density at radius 1 is 1.04 bits per heavy atom. The highest BCUT2D eigenvalue weighted by atomic mass is 16.6. The van der Waals surface area contributed by atoms with Crippen LogP contribution in [0.25, 0.3) is 0 Å². The van der Waals surface area contributed by atoms with Crippen LogP contribution in [0.5, 0.6) is 11.5 Å². The van der Waals surface area contributed by atoms with Crippen molar-refractivity contribution in [2.45, 2.75) is 31.8 Å². The highest BCUT2D eigenvalue weighted by Gasteiger charge is 2.24. The first-order valence-corrected chi connectivity index (χ1v) is 9.63. The van der Waals surface area contributed by atoms with Crippen LogP contribution in [0.1, 0.15) is 25.7 Å². The Bertz CT molecular complexity index is 516. The number of quaternary nitrogens is 1. The quantitative estimate of drug-likeness (QED) is 0.507. The summed E-state index contributed by atoms with van der Waals surface area (Å²) in [6, 6.07) is 7.80. The van der Waals surface area contributed by atoms with E-state index < -0.39 is 0 Å². The summed E-state index contributed by atoms with van der Waals surface area (Å²) in [5.41, 5.74) is 0. The topological polar surface area (TPSA) is 36.9 Å². The molecule has 1 saturated heterocycles. The van der Waals surface area contributed by atoms with Crippen molar-refractivity contribution in [3.63, 3.8) is 0 Å². The van der Waals surface area contributed by atoms with Gasteiger partial charge in [0.25, 0.3) is 0 Å². The van der Waals surface area contributed by atoms with E-state index in [1.54, 1.807) is 0 Å². The van der Waals surface area contributed by atoms with Crippen LogP contribution in [-0.4, -0.2) is 70.3 Å². The summed E-state index contributed by atoms with van der Waals surface area (Å²) in [6.07, 6.45) is 4.94. The monoisotopic (exact) mass is 350 g/mol. The van der Waals surface area contributed by atoms with Gasteiger partial charge < -0.3 is 23.4 Å². The highest BCUT2D eigenvalue weighted by molar-refractivity contribution is 5.40. The predicted molar refractivity (Wildman–Crippen MR) is 97.2 cm³/mol. The summed E-state index contributed by atoms with van der Waals surface area (Å²) in [5.74, 6) is 1.65. The molecule has 0 saturated carbocycles. The predicted octanol–water partition coefficient (Wildman–Crippen LogP) is 2.88. The molecule has 2 aliphatic heterocycles. The van der Waals surface area contributed by atoms with E-state index in [4.69, 9.17) is 18.9 Å². The third-order valence-electron chi connectivity index (χ3n) is 5.16. The third kappa shape index (κ3) is 5.87. The van der Waals surface area contributed by atoms with Crippen molar-refractivity contribution >= 4 is 0 Å². The normalized spacial score (nSPS) is 21.9. The molecule has 5 heteroatoms. The fourth-order valence-corrected chi connectivity index (χ4v) is 3.42. The Morgan fingerprint density at radius 2 is 1.80 bits per heavy atom. The van der Waals surface area contributed by atoms with Crippen LogP contribution in [-0.2, 0) is 9.47 Å². The average Bonchev–Trinajstić information content (AvgIpc) is 2.64. The molecule has 5 nitrogen and oxygen atoms in total. The number of rotatable bonds is 9. The van der Waals surface area contributed by atoms with Crippen molar-refractivity contribution in [1.82, 2.24) is 0 Å². The van der Waals surface area contributed by atoms with Gasteiger partial charge >= 0.3 is 0 Å². The van der Waals surface area contributed by atoms with Crippen molar-refractivity contribution in [2.24, 2.45) is 0 Å². The number of nitrogens with zero attached hydrogens (tertiary/aromatic N) is 1. The lowest BCUT2D eigenvalue weighted by Gasteiger charge is -2.37. The van der Waals surface area contributed by atoms with E-state index in [0.29, 0.717) is 13.2 Å². The van der Waals surface area contributed by atoms with Crippen LogP contribution < -0.4 is 9.47 Å². The maximum absolute atomic E-state index is 5.89. The smallest absolute Gasteiger partial charge is 0.161 e. The van der Waals surface area contributed by atoms with Gasteiger partial charge in [-0.1, -0.05) is 18.6 Å². The second-order valence-electron chi connectivity index (χ2n) is 7.39. The van der Waals surface area contributed by atoms with Crippen LogP contribution in [0.4, 0.5) is 0 Å². The number of unbranched alkanes of at least 4 members (excludes halogenated alkanes) is 3. The Hall–Kier alpha value is -1.30. The number of likely N-dealkylation sites (N-methyl/N-ethyl adjacent to an activating group) is 1. The van der Waals surface area contributed by atoms with Crippen molar-refractivity contribution in [2.75, 3.05) is 59.7 Å². The van der Waals surface area contributed by atoms with E-state index in [0.717, 1.165) is 50.8 Å². The number of hydrogen-bond acceptors (Lipinski definition) is 4. The molecule has 0 amide bonds. The van der Waals surface area contributed by atoms with Crippen molar-refractivity contribution in [3.8, 4) is 11.5 Å². The SMILES string of the molecule is C[N+]1(CCCCCCOCC2COc3ccccc3O2)CCOCC1. The fraction of sp³-hybridized carbons (Fsp3) is 0.700. The second-order valence-corrected chi connectivity index (χ2v) is 7.39. The van der Waals surface area contributed by atoms with Crippen molar-refractivity contribution < 1.29 is 23.4 Å². The summed E-state index contributed by atoms with van der Waals surface area (Å²) in [5, 5.41) is 0. The maximum atomic E-state index is 5.89. The van der Waals surface area contributed by atoms with Gasteiger partial charge in [0.05, 0.1) is 33.4 Å². The summed E-state index contributed by atoms with van der Waals surface area (Å²) in [7, 11) is 2.36.